The summed E-state index contributed by atoms with van der Waals surface area (Å²) in [5.74, 6) is -0.984. The van der Waals surface area contributed by atoms with E-state index in [0.717, 1.165) is 5.56 Å². The number of nitrogens with one attached hydrogen (secondary N) is 1. The van der Waals surface area contributed by atoms with Crippen LogP contribution in [0.1, 0.15) is 29.8 Å². The van der Waals surface area contributed by atoms with Gasteiger partial charge in [0.2, 0.25) is 0 Å². The molecule has 3 nitrogen and oxygen atoms in total. The van der Waals surface area contributed by atoms with Gasteiger partial charge < -0.3 is 10.4 Å². The lowest BCUT2D eigenvalue weighted by atomic mass is 9.95. The lowest BCUT2D eigenvalue weighted by Gasteiger charge is -2.21. The number of rotatable bonds is 4. The smallest absolute Gasteiger partial charge is 0.254 e. The molecule has 0 unspecified atom stereocenters. The molecule has 0 bridgehead atoms. The van der Waals surface area contributed by atoms with E-state index in [0.29, 0.717) is 6.54 Å². The lowest BCUT2D eigenvalue weighted by Crippen LogP contribution is -2.36. The molecule has 0 aliphatic heterocycles. The van der Waals surface area contributed by atoms with Crippen molar-refractivity contribution in [2.75, 3.05) is 13.2 Å². The Morgan fingerprint density at radius 3 is 2.71 bits per heavy atom. The van der Waals surface area contributed by atoms with Gasteiger partial charge in [-0.3, -0.25) is 4.79 Å². The Labute approximate surface area is 101 Å². The molecule has 1 rings (SSSR count). The molecule has 0 aromatic heterocycles. The van der Waals surface area contributed by atoms with Crippen LogP contribution in [0.3, 0.4) is 0 Å². The fraction of sp³-hybridized carbons (Fsp3) is 0.462. The summed E-state index contributed by atoms with van der Waals surface area (Å²) in [5.41, 5.74) is 0.465. The van der Waals surface area contributed by atoms with E-state index in [4.69, 9.17) is 5.11 Å². The number of benzene rings is 1. The summed E-state index contributed by atoms with van der Waals surface area (Å²) >= 11 is 0. The van der Waals surface area contributed by atoms with E-state index in [1.165, 1.54) is 12.1 Å². The van der Waals surface area contributed by atoms with Crippen LogP contribution in [0.15, 0.2) is 18.2 Å². The van der Waals surface area contributed by atoms with E-state index in [9.17, 15) is 9.18 Å². The topological polar surface area (TPSA) is 49.3 Å². The Bertz CT molecular complexity index is 416. The molecular formula is C13H18FNO2. The molecule has 1 aromatic carbocycles. The average Bonchev–Trinajstić information content (AvgIpc) is 2.29. The Hall–Kier alpha value is -1.42. The Kier molecular flexibility index (Phi) is 4.23. The van der Waals surface area contributed by atoms with E-state index in [1.807, 2.05) is 13.8 Å². The van der Waals surface area contributed by atoms with E-state index in [2.05, 4.69) is 5.32 Å². The van der Waals surface area contributed by atoms with Gasteiger partial charge in [-0.1, -0.05) is 25.5 Å². The van der Waals surface area contributed by atoms with Gasteiger partial charge in [0, 0.05) is 18.6 Å². The maximum atomic E-state index is 13.4. The molecule has 0 radical (unpaired) electrons. The zero-order valence-electron chi connectivity index (χ0n) is 10.4. The van der Waals surface area contributed by atoms with Crippen LogP contribution in [0.25, 0.3) is 0 Å². The minimum absolute atomic E-state index is 0.0381. The summed E-state index contributed by atoms with van der Waals surface area (Å²) in [6, 6.07) is 4.40. The van der Waals surface area contributed by atoms with Crippen molar-refractivity contribution in [3.8, 4) is 0 Å². The molecule has 0 heterocycles. The zero-order chi connectivity index (χ0) is 13.1. The normalized spacial score (nSPS) is 11.4. The molecule has 2 N–H and O–H groups in total. The van der Waals surface area contributed by atoms with Crippen molar-refractivity contribution < 1.29 is 14.3 Å². The summed E-state index contributed by atoms with van der Waals surface area (Å²) in [7, 11) is 0. The number of aliphatic hydroxyl groups excluding tert-OH is 1. The van der Waals surface area contributed by atoms with E-state index < -0.39 is 17.1 Å². The quantitative estimate of drug-likeness (QED) is 0.843. The maximum Gasteiger partial charge on any atom is 0.254 e. The van der Waals surface area contributed by atoms with Gasteiger partial charge in [0.15, 0.2) is 0 Å². The minimum Gasteiger partial charge on any atom is -0.396 e. The first-order valence-electron chi connectivity index (χ1n) is 5.51. The van der Waals surface area contributed by atoms with Crippen molar-refractivity contribution >= 4 is 5.91 Å². The lowest BCUT2D eigenvalue weighted by molar-refractivity contribution is 0.0907. The first-order chi connectivity index (χ1) is 7.85. The van der Waals surface area contributed by atoms with Gasteiger partial charge in [-0.15, -0.1) is 0 Å². The molecule has 1 aromatic rings. The second-order valence-electron chi connectivity index (χ2n) is 4.99. The molecule has 0 fully saturated rings. The van der Waals surface area contributed by atoms with Gasteiger partial charge in [-0.2, -0.15) is 0 Å². The predicted octanol–water partition coefficient (Wildman–Crippen LogP) is 1.88. The number of aliphatic hydroxyl groups is 1. The average molecular weight is 239 g/mol. The second-order valence-corrected chi connectivity index (χ2v) is 4.99. The number of amides is 1. The van der Waals surface area contributed by atoms with Gasteiger partial charge >= 0.3 is 0 Å². The monoisotopic (exact) mass is 239 g/mol. The second kappa shape index (κ2) is 5.27. The van der Waals surface area contributed by atoms with Crippen LogP contribution < -0.4 is 5.32 Å². The summed E-state index contributed by atoms with van der Waals surface area (Å²) in [6.45, 7) is 5.70. The number of hydrogen-bond donors (Lipinski definition) is 2. The molecular weight excluding hydrogens is 221 g/mol. The number of aryl methyl sites for hydroxylation is 1. The highest BCUT2D eigenvalue weighted by Crippen LogP contribution is 2.13. The van der Waals surface area contributed by atoms with E-state index >= 15 is 0 Å². The van der Waals surface area contributed by atoms with Crippen LogP contribution in [0, 0.1) is 18.2 Å². The first-order valence-corrected chi connectivity index (χ1v) is 5.51. The summed E-state index contributed by atoms with van der Waals surface area (Å²) in [5, 5.41) is 11.7. The SMILES string of the molecule is Cc1ccc(F)c(C(=O)NCC(C)(C)CO)c1. The molecule has 0 aliphatic carbocycles. The number of carbonyl (C=O) groups excluding carboxylic acids is 1. The van der Waals surface area contributed by atoms with Crippen molar-refractivity contribution in [2.24, 2.45) is 5.41 Å². The third-order valence-electron chi connectivity index (χ3n) is 2.52. The molecule has 0 aliphatic rings. The number of carbonyl (C=O) groups is 1. The first kappa shape index (κ1) is 13.6. The van der Waals surface area contributed by atoms with Gasteiger partial charge in [0.1, 0.15) is 5.82 Å². The highest BCUT2D eigenvalue weighted by atomic mass is 19.1. The van der Waals surface area contributed by atoms with Crippen LogP contribution in [0.5, 0.6) is 0 Å². The summed E-state index contributed by atoms with van der Waals surface area (Å²) < 4.78 is 13.4. The molecule has 1 amide bonds. The van der Waals surface area contributed by atoms with Crippen molar-refractivity contribution in [1.82, 2.24) is 5.32 Å². The van der Waals surface area contributed by atoms with Gasteiger partial charge in [-0.05, 0) is 19.1 Å². The molecule has 0 saturated carbocycles. The van der Waals surface area contributed by atoms with Crippen LogP contribution >= 0.6 is 0 Å². The largest absolute Gasteiger partial charge is 0.396 e. The van der Waals surface area contributed by atoms with Crippen molar-refractivity contribution in [3.05, 3.63) is 35.1 Å². The van der Waals surface area contributed by atoms with Crippen LogP contribution in [-0.4, -0.2) is 24.2 Å². The van der Waals surface area contributed by atoms with E-state index in [-0.39, 0.29) is 12.2 Å². The third kappa shape index (κ3) is 3.82. The van der Waals surface area contributed by atoms with Gasteiger partial charge in [0.25, 0.3) is 5.91 Å². The van der Waals surface area contributed by atoms with Crippen molar-refractivity contribution in [2.45, 2.75) is 20.8 Å². The van der Waals surface area contributed by atoms with Crippen LogP contribution in [0.2, 0.25) is 0 Å². The fourth-order valence-electron chi connectivity index (χ4n) is 1.28. The predicted molar refractivity (Wildman–Crippen MR) is 64.3 cm³/mol. The molecule has 4 heteroatoms. The van der Waals surface area contributed by atoms with Crippen LogP contribution in [-0.2, 0) is 0 Å². The van der Waals surface area contributed by atoms with Crippen LogP contribution in [0.4, 0.5) is 4.39 Å². The molecule has 0 spiro atoms. The van der Waals surface area contributed by atoms with Crippen molar-refractivity contribution in [1.29, 1.82) is 0 Å². The highest BCUT2D eigenvalue weighted by molar-refractivity contribution is 5.94. The highest BCUT2D eigenvalue weighted by Gasteiger charge is 2.19. The molecule has 17 heavy (non-hydrogen) atoms. The summed E-state index contributed by atoms with van der Waals surface area (Å²) in [4.78, 5) is 11.7. The molecule has 0 atom stereocenters. The third-order valence-corrected chi connectivity index (χ3v) is 2.52. The zero-order valence-corrected chi connectivity index (χ0v) is 10.4. The van der Waals surface area contributed by atoms with Crippen molar-refractivity contribution in [3.63, 3.8) is 0 Å². The minimum atomic E-state index is -0.532. The number of hydrogen-bond acceptors (Lipinski definition) is 2. The fourth-order valence-corrected chi connectivity index (χ4v) is 1.28. The molecule has 94 valence electrons. The van der Waals surface area contributed by atoms with E-state index in [1.54, 1.807) is 13.0 Å². The van der Waals surface area contributed by atoms with Gasteiger partial charge in [-0.25, -0.2) is 4.39 Å². The summed E-state index contributed by atoms with van der Waals surface area (Å²) in [6.07, 6.45) is 0. The number of halogens is 1. The maximum absolute atomic E-state index is 13.4. The Morgan fingerprint density at radius 1 is 1.47 bits per heavy atom. The van der Waals surface area contributed by atoms with Gasteiger partial charge in [0.05, 0.1) is 5.56 Å². The Balaban J connectivity index is 2.74. The molecule has 0 saturated heterocycles. The standard InChI is InChI=1S/C13H18FNO2/c1-9-4-5-11(14)10(6-9)12(17)15-7-13(2,3)8-16/h4-6,16H,7-8H2,1-3H3,(H,15,17). The Morgan fingerprint density at radius 2 is 2.12 bits per heavy atom.